The number of carbonyl (C=O) groups excluding carboxylic acids is 1. The van der Waals surface area contributed by atoms with Crippen molar-refractivity contribution in [3.05, 3.63) is 59.9 Å². The number of H-pyrrole nitrogens is 1. The van der Waals surface area contributed by atoms with E-state index in [0.717, 1.165) is 54.9 Å². The Balaban J connectivity index is 1.41. The molecule has 0 saturated carbocycles. The van der Waals surface area contributed by atoms with Crippen molar-refractivity contribution in [3.8, 4) is 11.6 Å². The number of nitrogens with two attached hydrogens (primary N) is 2. The number of nitrogens with one attached hydrogen (secondary N) is 1. The molecule has 1 aliphatic heterocycles. The molecule has 4 rings (SSSR count). The quantitative estimate of drug-likeness (QED) is 0.519. The number of hydrogen-bond acceptors (Lipinski definition) is 5. The molecule has 160 valence electrons. The van der Waals surface area contributed by atoms with Crippen molar-refractivity contribution in [2.75, 3.05) is 26.2 Å². The Morgan fingerprint density at radius 1 is 1.23 bits per heavy atom. The largest absolute Gasteiger partial charge is 0.439 e. The first-order valence-electron chi connectivity index (χ1n) is 10.3. The van der Waals surface area contributed by atoms with Crippen LogP contribution in [0.25, 0.3) is 16.6 Å². The lowest BCUT2D eigenvalue weighted by Gasteiger charge is -2.33. The summed E-state index contributed by atoms with van der Waals surface area (Å²) >= 11 is 0. The fourth-order valence-electron chi connectivity index (χ4n) is 3.71. The van der Waals surface area contributed by atoms with Crippen LogP contribution in [0.2, 0.25) is 0 Å². The second-order valence-corrected chi connectivity index (χ2v) is 7.63. The molecule has 1 amide bonds. The van der Waals surface area contributed by atoms with Crippen LogP contribution >= 0.6 is 0 Å². The number of nitrogens with zero attached hydrogens (tertiary/aromatic N) is 3. The Kier molecular flexibility index (Phi) is 5.99. The minimum Gasteiger partial charge on any atom is -0.439 e. The van der Waals surface area contributed by atoms with Crippen LogP contribution in [0, 0.1) is 0 Å². The third kappa shape index (κ3) is 4.92. The summed E-state index contributed by atoms with van der Waals surface area (Å²) in [6.07, 6.45) is 4.67. The van der Waals surface area contributed by atoms with Crippen molar-refractivity contribution in [3.63, 3.8) is 0 Å². The standard InChI is InChI=1S/C23H26N6O2/c1-16(30)29-10-8-28(9-11-29)15-19-12-18-13-20(3-4-22(18)27-19)31-23-5-2-17(14-26-23)21(25)6-7-24/h2-7,12-14,24,27H,8-11,15,25H2,1H3/p+1/b21-6-,24-7?. The molecule has 0 unspecified atom stereocenters. The third-order valence-corrected chi connectivity index (χ3v) is 5.43. The zero-order chi connectivity index (χ0) is 21.8. The van der Waals surface area contributed by atoms with Gasteiger partial charge in [-0.3, -0.25) is 15.1 Å². The molecule has 1 fully saturated rings. The number of rotatable bonds is 6. The predicted octanol–water partition coefficient (Wildman–Crippen LogP) is 1.15. The van der Waals surface area contributed by atoms with Gasteiger partial charge in [-0.25, -0.2) is 4.98 Å². The van der Waals surface area contributed by atoms with Gasteiger partial charge in [0.15, 0.2) is 6.21 Å². The Bertz CT molecular complexity index is 1110. The molecule has 0 aliphatic carbocycles. The van der Waals surface area contributed by atoms with Gasteiger partial charge in [0.25, 0.3) is 0 Å². The number of hydrogen-bond donors (Lipinski definition) is 3. The van der Waals surface area contributed by atoms with Crippen LogP contribution in [0.3, 0.4) is 0 Å². The van der Waals surface area contributed by atoms with Gasteiger partial charge in [0.05, 0.1) is 0 Å². The molecule has 3 heterocycles. The average molecular weight is 420 g/mol. The van der Waals surface area contributed by atoms with Gasteiger partial charge in [0.1, 0.15) is 5.75 Å². The first kappa shape index (κ1) is 20.6. The number of benzene rings is 1. The molecule has 0 radical (unpaired) electrons. The zero-order valence-electron chi connectivity index (χ0n) is 17.5. The molecule has 0 bridgehead atoms. The topological polar surface area (TPSA) is 113 Å². The fraction of sp³-hybridized carbons (Fsp3) is 0.261. The summed E-state index contributed by atoms with van der Waals surface area (Å²) in [5, 5.41) is 6.45. The highest BCUT2D eigenvalue weighted by Crippen LogP contribution is 2.26. The summed E-state index contributed by atoms with van der Waals surface area (Å²) in [4.78, 5) is 23.5. The van der Waals surface area contributed by atoms with Gasteiger partial charge in [-0.2, -0.15) is 0 Å². The summed E-state index contributed by atoms with van der Waals surface area (Å²) in [5.41, 5.74) is 9.44. The van der Waals surface area contributed by atoms with Crippen molar-refractivity contribution < 1.29 is 14.9 Å². The van der Waals surface area contributed by atoms with Crippen molar-refractivity contribution in [2.45, 2.75) is 13.5 Å². The summed E-state index contributed by atoms with van der Waals surface area (Å²) in [6.45, 7) is 5.79. The SMILES string of the molecule is CC(=O)N1CCN(Cc2cc3cc(Oc4ccc(/C(N)=C/C=[NH2+])cn4)ccc3[nH]2)CC1. The van der Waals surface area contributed by atoms with E-state index in [-0.39, 0.29) is 5.91 Å². The molecule has 1 aromatic carbocycles. The normalized spacial score (nSPS) is 15.3. The van der Waals surface area contributed by atoms with Crippen LogP contribution in [0.15, 0.2) is 48.7 Å². The van der Waals surface area contributed by atoms with Crippen LogP contribution < -0.4 is 15.9 Å². The molecular weight excluding hydrogens is 392 g/mol. The fourth-order valence-corrected chi connectivity index (χ4v) is 3.71. The maximum absolute atomic E-state index is 11.5. The zero-order valence-corrected chi connectivity index (χ0v) is 17.5. The smallest absolute Gasteiger partial charge is 0.219 e. The molecule has 5 N–H and O–H groups in total. The van der Waals surface area contributed by atoms with E-state index in [1.165, 1.54) is 6.21 Å². The highest BCUT2D eigenvalue weighted by Gasteiger charge is 2.19. The number of ether oxygens (including phenoxy) is 1. The van der Waals surface area contributed by atoms with E-state index in [4.69, 9.17) is 15.9 Å². The number of pyridine rings is 1. The number of piperazine rings is 1. The maximum atomic E-state index is 11.5. The first-order chi connectivity index (χ1) is 15.0. The van der Waals surface area contributed by atoms with E-state index in [2.05, 4.69) is 20.9 Å². The van der Waals surface area contributed by atoms with E-state index in [0.29, 0.717) is 17.3 Å². The predicted molar refractivity (Wildman–Crippen MR) is 120 cm³/mol. The maximum Gasteiger partial charge on any atom is 0.219 e. The Labute approximate surface area is 180 Å². The second-order valence-electron chi connectivity index (χ2n) is 7.63. The number of fused-ring (bicyclic) bond motifs is 1. The highest BCUT2D eigenvalue weighted by atomic mass is 16.5. The van der Waals surface area contributed by atoms with Gasteiger partial charge in [-0.15, -0.1) is 0 Å². The van der Waals surface area contributed by atoms with E-state index < -0.39 is 0 Å². The minimum atomic E-state index is 0.149. The van der Waals surface area contributed by atoms with E-state index in [1.807, 2.05) is 29.2 Å². The molecule has 31 heavy (non-hydrogen) atoms. The lowest BCUT2D eigenvalue weighted by atomic mass is 10.2. The highest BCUT2D eigenvalue weighted by molar-refractivity contribution is 5.82. The van der Waals surface area contributed by atoms with Gasteiger partial charge in [0, 0.05) is 85.8 Å². The minimum absolute atomic E-state index is 0.149. The molecule has 0 spiro atoms. The molecule has 1 saturated heterocycles. The Hall–Kier alpha value is -3.65. The van der Waals surface area contributed by atoms with Crippen LogP contribution in [-0.2, 0) is 11.3 Å². The van der Waals surface area contributed by atoms with Gasteiger partial charge in [-0.05, 0) is 30.3 Å². The van der Waals surface area contributed by atoms with Gasteiger partial charge in [0.2, 0.25) is 11.8 Å². The van der Waals surface area contributed by atoms with E-state index in [1.54, 1.807) is 25.3 Å². The van der Waals surface area contributed by atoms with Crippen molar-refractivity contribution in [2.24, 2.45) is 5.73 Å². The van der Waals surface area contributed by atoms with Crippen molar-refractivity contribution in [1.29, 1.82) is 0 Å². The number of allylic oxidation sites excluding steroid dienone is 1. The molecular formula is C23H27N6O2+. The van der Waals surface area contributed by atoms with E-state index >= 15 is 0 Å². The molecule has 1 aliphatic rings. The van der Waals surface area contributed by atoms with E-state index in [9.17, 15) is 4.79 Å². The van der Waals surface area contributed by atoms with Crippen LogP contribution in [-0.4, -0.2) is 58.1 Å². The average Bonchev–Trinajstić information content (AvgIpc) is 3.16. The molecule has 8 heteroatoms. The van der Waals surface area contributed by atoms with Gasteiger partial charge in [-0.1, -0.05) is 0 Å². The lowest BCUT2D eigenvalue weighted by molar-refractivity contribution is -0.130. The number of carbonyl (C=O) groups is 1. The van der Waals surface area contributed by atoms with Gasteiger partial charge < -0.3 is 20.4 Å². The van der Waals surface area contributed by atoms with Crippen LogP contribution in [0.4, 0.5) is 0 Å². The van der Waals surface area contributed by atoms with Crippen LogP contribution in [0.1, 0.15) is 18.2 Å². The summed E-state index contributed by atoms with van der Waals surface area (Å²) in [6, 6.07) is 11.7. The Morgan fingerprint density at radius 2 is 2.03 bits per heavy atom. The number of aromatic amines is 1. The summed E-state index contributed by atoms with van der Waals surface area (Å²) < 4.78 is 5.91. The summed E-state index contributed by atoms with van der Waals surface area (Å²) in [7, 11) is 0. The van der Waals surface area contributed by atoms with Crippen molar-refractivity contribution >= 4 is 28.7 Å². The first-order valence-corrected chi connectivity index (χ1v) is 10.3. The summed E-state index contributed by atoms with van der Waals surface area (Å²) in [5.74, 6) is 1.36. The Morgan fingerprint density at radius 3 is 2.71 bits per heavy atom. The monoisotopic (exact) mass is 419 g/mol. The second kappa shape index (κ2) is 9.01. The number of amides is 1. The third-order valence-electron chi connectivity index (χ3n) is 5.43. The lowest BCUT2D eigenvalue weighted by Crippen LogP contribution is -2.47. The number of aromatic nitrogens is 2. The van der Waals surface area contributed by atoms with Crippen LogP contribution in [0.5, 0.6) is 11.6 Å². The molecule has 2 aromatic heterocycles. The molecule has 3 aromatic rings. The van der Waals surface area contributed by atoms with Gasteiger partial charge >= 0.3 is 0 Å². The molecule has 8 nitrogen and oxygen atoms in total. The molecule has 0 atom stereocenters. The van der Waals surface area contributed by atoms with Crippen molar-refractivity contribution in [1.82, 2.24) is 19.8 Å².